The number of nitrogens with zero attached hydrogens (tertiary/aromatic N) is 1. The second-order valence-electron chi connectivity index (χ2n) is 3.84. The van der Waals surface area contributed by atoms with E-state index in [4.69, 9.17) is 21.1 Å². The number of guanidine groups is 1. The van der Waals surface area contributed by atoms with Crippen LogP contribution in [0.1, 0.15) is 11.6 Å². The van der Waals surface area contributed by atoms with Crippen molar-refractivity contribution < 1.29 is 14.3 Å². The molecule has 1 aliphatic rings. The van der Waals surface area contributed by atoms with E-state index >= 15 is 0 Å². The maximum Gasteiger partial charge on any atom is 0.253 e. The first kappa shape index (κ1) is 13.5. The van der Waals surface area contributed by atoms with E-state index in [1.165, 1.54) is 14.2 Å². The van der Waals surface area contributed by atoms with Crippen LogP contribution in [0.3, 0.4) is 0 Å². The van der Waals surface area contributed by atoms with Crippen LogP contribution in [0.4, 0.5) is 0 Å². The van der Waals surface area contributed by atoms with Crippen molar-refractivity contribution in [2.24, 2.45) is 4.99 Å². The summed E-state index contributed by atoms with van der Waals surface area (Å²) in [6.07, 6.45) is 0. The molecule has 1 amide bonds. The summed E-state index contributed by atoms with van der Waals surface area (Å²) in [7, 11) is 4.60. The number of nitrogens with one attached hydrogen (secondary N) is 2. The topological polar surface area (TPSA) is 72.0 Å². The Morgan fingerprint density at radius 3 is 2.58 bits per heavy atom. The molecule has 2 N–H and O–H groups in total. The molecule has 0 aromatic heterocycles. The van der Waals surface area contributed by atoms with Crippen LogP contribution >= 0.6 is 11.6 Å². The minimum atomic E-state index is -0.592. The standard InChI is InChI=1S/C12H14ClN3O3/c1-14-12-15-9(11(17)16-12)6-4-5-7(18-2)10(19-3)8(6)13/h4-5,9H,1-3H3,(H2,14,15,16,17). The fourth-order valence-electron chi connectivity index (χ4n) is 1.89. The van der Waals surface area contributed by atoms with Crippen LogP contribution < -0.4 is 20.1 Å². The van der Waals surface area contributed by atoms with Crippen LogP contribution in [0, 0.1) is 0 Å². The molecule has 1 unspecified atom stereocenters. The Labute approximate surface area is 115 Å². The number of ether oxygens (including phenoxy) is 2. The summed E-state index contributed by atoms with van der Waals surface area (Å²) in [4.78, 5) is 15.8. The van der Waals surface area contributed by atoms with Gasteiger partial charge in [0.25, 0.3) is 5.91 Å². The number of benzene rings is 1. The molecule has 7 heteroatoms. The van der Waals surface area contributed by atoms with Crippen LogP contribution in [-0.4, -0.2) is 33.1 Å². The molecular formula is C12H14ClN3O3. The highest BCUT2D eigenvalue weighted by atomic mass is 35.5. The summed E-state index contributed by atoms with van der Waals surface area (Å²) in [5.74, 6) is 1.12. The van der Waals surface area contributed by atoms with Crippen LogP contribution in [0.25, 0.3) is 0 Å². The number of amides is 1. The maximum atomic E-state index is 11.9. The SMILES string of the molecule is CN=C1NC(=O)C(c2ccc(OC)c(OC)c2Cl)N1. The Balaban J connectivity index is 2.44. The van der Waals surface area contributed by atoms with Crippen molar-refractivity contribution in [1.29, 1.82) is 0 Å². The molecule has 1 fully saturated rings. The summed E-state index contributed by atoms with van der Waals surface area (Å²) in [6, 6.07) is 2.83. The summed E-state index contributed by atoms with van der Waals surface area (Å²) >= 11 is 6.26. The number of aliphatic imine (C=N–C) groups is 1. The molecule has 1 aromatic rings. The number of hydrogen-bond donors (Lipinski definition) is 2. The van der Waals surface area contributed by atoms with E-state index in [1.807, 2.05) is 0 Å². The predicted octanol–water partition coefficient (Wildman–Crippen LogP) is 1.10. The van der Waals surface area contributed by atoms with E-state index in [0.717, 1.165) is 0 Å². The van der Waals surface area contributed by atoms with Gasteiger partial charge in [-0.05, 0) is 6.07 Å². The zero-order chi connectivity index (χ0) is 14.0. The summed E-state index contributed by atoms with van der Waals surface area (Å²) in [5, 5.41) is 5.90. The zero-order valence-corrected chi connectivity index (χ0v) is 11.5. The molecule has 19 heavy (non-hydrogen) atoms. The fourth-order valence-corrected chi connectivity index (χ4v) is 2.24. The molecule has 0 spiro atoms. The molecule has 1 aromatic carbocycles. The number of halogens is 1. The summed E-state index contributed by atoms with van der Waals surface area (Å²) in [6.45, 7) is 0. The summed E-state index contributed by atoms with van der Waals surface area (Å²) < 4.78 is 10.4. The number of carbonyl (C=O) groups is 1. The molecule has 1 aliphatic heterocycles. The highest BCUT2D eigenvalue weighted by Gasteiger charge is 2.32. The van der Waals surface area contributed by atoms with E-state index in [9.17, 15) is 4.79 Å². The van der Waals surface area contributed by atoms with Crippen LogP contribution in [0.15, 0.2) is 17.1 Å². The lowest BCUT2D eigenvalue weighted by Crippen LogP contribution is -2.24. The lowest BCUT2D eigenvalue weighted by atomic mass is 10.1. The third-order valence-electron chi connectivity index (χ3n) is 2.83. The molecule has 0 aliphatic carbocycles. The van der Waals surface area contributed by atoms with Crippen LogP contribution in [0.5, 0.6) is 11.5 Å². The van der Waals surface area contributed by atoms with Crippen molar-refractivity contribution in [2.75, 3.05) is 21.3 Å². The summed E-state index contributed by atoms with van der Waals surface area (Å²) in [5.41, 5.74) is 0.607. The third-order valence-corrected chi connectivity index (χ3v) is 3.22. The quantitative estimate of drug-likeness (QED) is 0.871. The van der Waals surface area contributed by atoms with E-state index in [2.05, 4.69) is 15.6 Å². The first-order chi connectivity index (χ1) is 9.12. The lowest BCUT2D eigenvalue weighted by Gasteiger charge is -2.15. The van der Waals surface area contributed by atoms with E-state index in [1.54, 1.807) is 19.2 Å². The number of methoxy groups -OCH3 is 2. The van der Waals surface area contributed by atoms with Crippen molar-refractivity contribution in [3.63, 3.8) is 0 Å². The highest BCUT2D eigenvalue weighted by molar-refractivity contribution is 6.33. The number of carbonyl (C=O) groups excluding carboxylic acids is 1. The van der Waals surface area contributed by atoms with Gasteiger partial charge in [-0.2, -0.15) is 0 Å². The molecule has 0 bridgehead atoms. The fraction of sp³-hybridized carbons (Fsp3) is 0.333. The molecule has 1 atom stereocenters. The van der Waals surface area contributed by atoms with Crippen molar-refractivity contribution in [2.45, 2.75) is 6.04 Å². The molecule has 6 nitrogen and oxygen atoms in total. The Hall–Kier alpha value is -1.95. The second-order valence-corrected chi connectivity index (χ2v) is 4.22. The van der Waals surface area contributed by atoms with Gasteiger partial charge >= 0.3 is 0 Å². The van der Waals surface area contributed by atoms with E-state index in [0.29, 0.717) is 28.0 Å². The van der Waals surface area contributed by atoms with Crippen molar-refractivity contribution in [3.8, 4) is 11.5 Å². The zero-order valence-electron chi connectivity index (χ0n) is 10.8. The van der Waals surface area contributed by atoms with Crippen LogP contribution in [0.2, 0.25) is 5.02 Å². The average Bonchev–Trinajstić information content (AvgIpc) is 2.79. The smallest absolute Gasteiger partial charge is 0.253 e. The predicted molar refractivity (Wildman–Crippen MR) is 71.9 cm³/mol. The van der Waals surface area contributed by atoms with E-state index in [-0.39, 0.29) is 5.91 Å². The van der Waals surface area contributed by atoms with Gasteiger partial charge in [0.2, 0.25) is 0 Å². The molecule has 1 saturated heterocycles. The van der Waals surface area contributed by atoms with E-state index < -0.39 is 6.04 Å². The van der Waals surface area contributed by atoms with Crippen LogP contribution in [-0.2, 0) is 4.79 Å². The minimum Gasteiger partial charge on any atom is -0.493 e. The molecule has 0 saturated carbocycles. The lowest BCUT2D eigenvalue weighted by molar-refractivity contribution is -0.120. The molecule has 1 heterocycles. The minimum absolute atomic E-state index is 0.213. The normalized spacial score (nSPS) is 20.1. The van der Waals surface area contributed by atoms with Gasteiger partial charge in [0.15, 0.2) is 17.5 Å². The third kappa shape index (κ3) is 2.31. The number of hydrogen-bond acceptors (Lipinski definition) is 4. The van der Waals surface area contributed by atoms with Crippen molar-refractivity contribution in [1.82, 2.24) is 10.6 Å². The largest absolute Gasteiger partial charge is 0.493 e. The van der Waals surface area contributed by atoms with Gasteiger partial charge in [-0.25, -0.2) is 0 Å². The molecular weight excluding hydrogens is 270 g/mol. The van der Waals surface area contributed by atoms with Gasteiger partial charge in [-0.3, -0.25) is 15.1 Å². The first-order valence-corrected chi connectivity index (χ1v) is 5.94. The van der Waals surface area contributed by atoms with Crippen molar-refractivity contribution >= 4 is 23.5 Å². The van der Waals surface area contributed by atoms with Crippen molar-refractivity contribution in [3.05, 3.63) is 22.7 Å². The average molecular weight is 284 g/mol. The van der Waals surface area contributed by atoms with Gasteiger partial charge in [0, 0.05) is 12.6 Å². The van der Waals surface area contributed by atoms with Gasteiger partial charge < -0.3 is 14.8 Å². The Morgan fingerprint density at radius 1 is 1.32 bits per heavy atom. The van der Waals surface area contributed by atoms with Gasteiger partial charge in [0.1, 0.15) is 6.04 Å². The van der Waals surface area contributed by atoms with Gasteiger partial charge in [-0.15, -0.1) is 0 Å². The molecule has 102 valence electrons. The van der Waals surface area contributed by atoms with Gasteiger partial charge in [0.05, 0.1) is 19.2 Å². The first-order valence-electron chi connectivity index (χ1n) is 5.57. The number of rotatable bonds is 3. The maximum absolute atomic E-state index is 11.9. The van der Waals surface area contributed by atoms with Gasteiger partial charge in [-0.1, -0.05) is 17.7 Å². The Morgan fingerprint density at radius 2 is 2.05 bits per heavy atom. The molecule has 2 rings (SSSR count). The Kier molecular flexibility index (Phi) is 3.80. The monoisotopic (exact) mass is 283 g/mol. The Bertz CT molecular complexity index is 545. The highest BCUT2D eigenvalue weighted by Crippen LogP contribution is 2.40. The second kappa shape index (κ2) is 5.36. The molecule has 0 radical (unpaired) electrons.